The van der Waals surface area contributed by atoms with Crippen LogP contribution in [-0.4, -0.2) is 75.0 Å². The maximum absolute atomic E-state index is 14.3. The monoisotopic (exact) mass is 746 g/mol. The van der Waals surface area contributed by atoms with Gasteiger partial charge in [-0.3, -0.25) is 18.7 Å². The first-order valence-electron chi connectivity index (χ1n) is 15.9. The van der Waals surface area contributed by atoms with Crippen LogP contribution >= 0.6 is 0 Å². The molecule has 4 aromatic rings. The SMILES string of the molecule is CNc1cc(CCCc2cc(NC)c(C(=O)O)cc2OC)c(F)cc1C(=O)O.N/C(C=O)=C\C=C(/N)n1ccnc1.N/C(C=O)=C\C=C(/N)n1ccnc1. The van der Waals surface area contributed by atoms with Crippen LogP contribution in [0.3, 0.4) is 0 Å². The molecule has 0 aliphatic heterocycles. The summed E-state index contributed by atoms with van der Waals surface area (Å²) < 4.78 is 22.8. The van der Waals surface area contributed by atoms with Crippen molar-refractivity contribution < 1.29 is 38.5 Å². The number of aldehydes is 2. The molecule has 0 aliphatic rings. The van der Waals surface area contributed by atoms with Gasteiger partial charge in [-0.25, -0.2) is 23.9 Å². The van der Waals surface area contributed by atoms with E-state index in [1.54, 1.807) is 66.7 Å². The molecule has 12 N–H and O–H groups in total. The number of allylic oxidation sites excluding steroid dienone is 6. The van der Waals surface area contributed by atoms with Gasteiger partial charge in [-0.2, -0.15) is 0 Å². The number of benzene rings is 2. The third-order valence-corrected chi connectivity index (χ3v) is 7.27. The van der Waals surface area contributed by atoms with Gasteiger partial charge in [0.25, 0.3) is 0 Å². The molecule has 0 aliphatic carbocycles. The minimum absolute atomic E-state index is 0.108. The Morgan fingerprint density at radius 3 is 1.59 bits per heavy atom. The third-order valence-electron chi connectivity index (χ3n) is 7.27. The quantitative estimate of drug-likeness (QED) is 0.0493. The normalized spacial score (nSPS) is 11.6. The average molecular weight is 747 g/mol. The fourth-order valence-electron chi connectivity index (χ4n) is 4.49. The second kappa shape index (κ2) is 21.8. The summed E-state index contributed by atoms with van der Waals surface area (Å²) in [7, 11) is 4.68. The molecule has 0 bridgehead atoms. The van der Waals surface area contributed by atoms with Crippen molar-refractivity contribution in [1.29, 1.82) is 0 Å². The Labute approximate surface area is 310 Å². The van der Waals surface area contributed by atoms with Crippen molar-refractivity contribution in [2.24, 2.45) is 22.9 Å². The lowest BCUT2D eigenvalue weighted by Crippen LogP contribution is -2.07. The number of carbonyl (C=O) groups excluding carboxylic acids is 2. The van der Waals surface area contributed by atoms with Crippen LogP contribution in [0.15, 0.2) is 97.4 Å². The average Bonchev–Trinajstić information content (AvgIpc) is 3.92. The van der Waals surface area contributed by atoms with Crippen LogP contribution in [0.4, 0.5) is 15.8 Å². The van der Waals surface area contributed by atoms with Crippen LogP contribution in [0.5, 0.6) is 5.75 Å². The lowest BCUT2D eigenvalue weighted by Gasteiger charge is -2.14. The molecule has 2 aromatic carbocycles. The van der Waals surface area contributed by atoms with Crippen LogP contribution in [0.2, 0.25) is 0 Å². The molecule has 54 heavy (non-hydrogen) atoms. The first kappa shape index (κ1) is 42.8. The topological polar surface area (TPSA) is 282 Å². The van der Waals surface area contributed by atoms with Crippen LogP contribution in [-0.2, 0) is 22.4 Å². The van der Waals surface area contributed by atoms with E-state index in [1.165, 1.54) is 43.5 Å². The number of aromatic nitrogens is 4. The van der Waals surface area contributed by atoms with E-state index in [0.29, 0.717) is 66.2 Å². The Balaban J connectivity index is 0.000000321. The standard InChI is InChI=1S/C20H23FN2O5.2C8H10N4O/c1-22-16-7-11(15(21)9-13(16)19(24)25)5-4-6-12-8-17(23-2)14(20(26)27)10-18(12)28-3;2*9-7(5-13)1-2-8(10)12-4-3-11-6-12/h7-10,22-23H,4-6H2,1-3H3,(H,24,25)(H,26,27);2*1-6H,9-10H2/b;2*7-1-,8-2+. The summed E-state index contributed by atoms with van der Waals surface area (Å²) in [5, 5.41) is 24.1. The zero-order valence-electron chi connectivity index (χ0n) is 29.8. The van der Waals surface area contributed by atoms with Crippen molar-refractivity contribution in [3.63, 3.8) is 0 Å². The number of carboxylic acids is 2. The van der Waals surface area contributed by atoms with E-state index < -0.39 is 17.8 Å². The van der Waals surface area contributed by atoms with E-state index in [-0.39, 0.29) is 22.5 Å². The van der Waals surface area contributed by atoms with Crippen molar-refractivity contribution in [3.05, 3.63) is 125 Å². The second-order valence-electron chi connectivity index (χ2n) is 10.9. The van der Waals surface area contributed by atoms with Gasteiger partial charge in [0.05, 0.1) is 29.6 Å². The van der Waals surface area contributed by atoms with E-state index in [4.69, 9.17) is 32.8 Å². The number of aryl methyl sites for hydroxylation is 2. The molecule has 4 rings (SSSR count). The number of halogens is 1. The maximum atomic E-state index is 14.3. The molecular formula is C36H43FN10O7. The summed E-state index contributed by atoms with van der Waals surface area (Å²) in [5.41, 5.74) is 24.0. The van der Waals surface area contributed by atoms with Crippen molar-refractivity contribution in [1.82, 2.24) is 19.1 Å². The Hall–Kier alpha value is -7.37. The molecule has 18 heteroatoms. The van der Waals surface area contributed by atoms with Crippen molar-refractivity contribution in [2.75, 3.05) is 31.8 Å². The van der Waals surface area contributed by atoms with Gasteiger partial charge in [0.15, 0.2) is 12.6 Å². The summed E-state index contributed by atoms with van der Waals surface area (Å²) in [5.74, 6) is -1.48. The van der Waals surface area contributed by atoms with Crippen LogP contribution in [0.1, 0.15) is 38.3 Å². The van der Waals surface area contributed by atoms with Gasteiger partial charge in [-0.05, 0) is 79.0 Å². The summed E-state index contributed by atoms with van der Waals surface area (Å²) in [4.78, 5) is 50.4. The lowest BCUT2D eigenvalue weighted by molar-refractivity contribution is -0.105. The molecule has 0 amide bonds. The molecule has 0 radical (unpaired) electrons. The molecule has 0 saturated heterocycles. The Morgan fingerprint density at radius 1 is 0.759 bits per heavy atom. The number of nitrogens with two attached hydrogens (primary N) is 4. The predicted octanol–water partition coefficient (Wildman–Crippen LogP) is 2.85. The van der Waals surface area contributed by atoms with Crippen LogP contribution in [0, 0.1) is 5.82 Å². The molecule has 0 fully saturated rings. The third kappa shape index (κ3) is 13.1. The highest BCUT2D eigenvalue weighted by Gasteiger charge is 2.17. The fourth-order valence-corrected chi connectivity index (χ4v) is 4.49. The molecular weight excluding hydrogens is 703 g/mol. The molecule has 0 unspecified atom stereocenters. The Kier molecular flexibility index (Phi) is 17.2. The van der Waals surface area contributed by atoms with E-state index in [1.807, 2.05) is 0 Å². The van der Waals surface area contributed by atoms with Crippen LogP contribution < -0.4 is 38.3 Å². The number of imidazole rings is 2. The summed E-state index contributed by atoms with van der Waals surface area (Å²) in [6, 6.07) is 5.70. The van der Waals surface area contributed by atoms with E-state index in [0.717, 1.165) is 11.6 Å². The number of nitrogens with zero attached hydrogens (tertiary/aromatic N) is 4. The van der Waals surface area contributed by atoms with Gasteiger partial charge in [0, 0.05) is 50.3 Å². The molecule has 0 saturated carbocycles. The number of hydrogen-bond donors (Lipinski definition) is 8. The van der Waals surface area contributed by atoms with E-state index in [2.05, 4.69) is 20.6 Å². The maximum Gasteiger partial charge on any atom is 0.337 e. The largest absolute Gasteiger partial charge is 0.496 e. The van der Waals surface area contributed by atoms with Gasteiger partial charge in [-0.15, -0.1) is 0 Å². The Bertz CT molecular complexity index is 1940. The highest BCUT2D eigenvalue weighted by Crippen LogP contribution is 2.29. The minimum Gasteiger partial charge on any atom is -0.496 e. The number of carboxylic acid groups (broad SMARTS) is 2. The van der Waals surface area contributed by atoms with Gasteiger partial charge >= 0.3 is 11.9 Å². The number of ether oxygens (including phenoxy) is 1. The zero-order chi connectivity index (χ0) is 40.2. The smallest absolute Gasteiger partial charge is 0.337 e. The van der Waals surface area contributed by atoms with Crippen molar-refractivity contribution in [3.8, 4) is 5.75 Å². The Morgan fingerprint density at radius 2 is 1.20 bits per heavy atom. The zero-order valence-corrected chi connectivity index (χ0v) is 29.8. The number of rotatable bonds is 15. The van der Waals surface area contributed by atoms with Crippen LogP contribution in [0.25, 0.3) is 11.6 Å². The number of anilines is 2. The summed E-state index contributed by atoms with van der Waals surface area (Å²) in [6.45, 7) is 0. The molecule has 2 heterocycles. The lowest BCUT2D eigenvalue weighted by atomic mass is 9.99. The molecule has 0 spiro atoms. The van der Waals surface area contributed by atoms with Gasteiger partial charge in [0.1, 0.15) is 35.9 Å². The number of carbonyl (C=O) groups is 4. The minimum atomic E-state index is -1.20. The molecule has 286 valence electrons. The first-order chi connectivity index (χ1) is 25.8. The van der Waals surface area contributed by atoms with Gasteiger partial charge in [-0.1, -0.05) is 0 Å². The highest BCUT2D eigenvalue weighted by molar-refractivity contribution is 5.95. The van der Waals surface area contributed by atoms with Gasteiger partial charge in [0.2, 0.25) is 0 Å². The van der Waals surface area contributed by atoms with E-state index in [9.17, 15) is 28.7 Å². The fraction of sp³-hybridized carbons (Fsp3) is 0.167. The number of methoxy groups -OCH3 is 1. The summed E-state index contributed by atoms with van der Waals surface area (Å²) >= 11 is 0. The highest BCUT2D eigenvalue weighted by atomic mass is 19.1. The number of hydrogen-bond acceptors (Lipinski definition) is 13. The molecule has 2 aromatic heterocycles. The number of nitrogens with one attached hydrogen (secondary N) is 2. The van der Waals surface area contributed by atoms with Crippen molar-refractivity contribution >= 4 is 47.5 Å². The summed E-state index contributed by atoms with van der Waals surface area (Å²) in [6.07, 6.45) is 18.2. The molecule has 17 nitrogen and oxygen atoms in total. The van der Waals surface area contributed by atoms with Crippen molar-refractivity contribution in [2.45, 2.75) is 19.3 Å². The second-order valence-corrected chi connectivity index (χ2v) is 10.9. The first-order valence-corrected chi connectivity index (χ1v) is 15.9. The molecule has 0 atom stereocenters. The van der Waals surface area contributed by atoms with E-state index >= 15 is 0 Å². The predicted molar refractivity (Wildman–Crippen MR) is 202 cm³/mol. The van der Waals surface area contributed by atoms with Gasteiger partial charge < -0.3 is 48.5 Å². The number of aromatic carboxylic acids is 2.